The van der Waals surface area contributed by atoms with Crippen LogP contribution in [-0.2, 0) is 11.3 Å². The zero-order chi connectivity index (χ0) is 30.4. The highest BCUT2D eigenvalue weighted by Gasteiger charge is 2.42. The van der Waals surface area contributed by atoms with Crippen LogP contribution in [0.2, 0.25) is 0 Å². The number of nitrogen functional groups attached to an aromatic ring is 1. The summed E-state index contributed by atoms with van der Waals surface area (Å²) < 4.78 is 10.2. The van der Waals surface area contributed by atoms with Gasteiger partial charge in [-0.2, -0.15) is 0 Å². The zero-order valence-electron chi connectivity index (χ0n) is 25.3. The average Bonchev–Trinajstić information content (AvgIpc) is 3.48. The van der Waals surface area contributed by atoms with Crippen LogP contribution < -0.4 is 5.73 Å². The number of nitrogens with two attached hydrogens (primary N) is 1. The fourth-order valence-electron chi connectivity index (χ4n) is 6.20. The highest BCUT2D eigenvalue weighted by atomic mass is 16.6. The summed E-state index contributed by atoms with van der Waals surface area (Å²) in [6.45, 7) is 7.83. The number of likely N-dealkylation sites (tertiary alicyclic amines) is 1. The topological polar surface area (TPSA) is 102 Å². The molecule has 0 fully saturated rings. The number of benzene rings is 2. The number of carbonyl (C=O) groups is 1. The van der Waals surface area contributed by atoms with E-state index in [1.54, 1.807) is 6.20 Å². The second-order valence-electron chi connectivity index (χ2n) is 12.5. The number of hydrogen-bond acceptors (Lipinski definition) is 6. The van der Waals surface area contributed by atoms with Crippen LogP contribution in [0.1, 0.15) is 39.2 Å². The molecule has 5 heterocycles. The molecule has 1 amide bonds. The number of amides is 1. The third kappa shape index (κ3) is 5.30. The van der Waals surface area contributed by atoms with Gasteiger partial charge >= 0.3 is 6.09 Å². The molecule has 3 aromatic heterocycles. The normalized spacial score (nSPS) is 16.5. The predicted octanol–water partition coefficient (Wildman–Crippen LogP) is 6.10. The summed E-state index contributed by atoms with van der Waals surface area (Å²) in [5.41, 5.74) is 13.5. The molecule has 2 bridgehead atoms. The van der Waals surface area contributed by atoms with Crippen molar-refractivity contribution in [2.24, 2.45) is 0 Å². The van der Waals surface area contributed by atoms with Crippen LogP contribution in [0.4, 0.5) is 10.6 Å². The lowest BCUT2D eigenvalue weighted by atomic mass is 10.1. The summed E-state index contributed by atoms with van der Waals surface area (Å²) in [5.74, 6) is 1.12. The van der Waals surface area contributed by atoms with E-state index >= 15 is 0 Å². The van der Waals surface area contributed by atoms with E-state index in [1.165, 1.54) is 11.3 Å². The van der Waals surface area contributed by atoms with Crippen molar-refractivity contribution in [2.45, 2.75) is 51.8 Å². The Balaban J connectivity index is 1.22. The van der Waals surface area contributed by atoms with E-state index in [-0.39, 0.29) is 6.09 Å². The molecule has 9 nitrogen and oxygen atoms in total. The second-order valence-corrected chi connectivity index (χ2v) is 12.5. The lowest BCUT2D eigenvalue weighted by Gasteiger charge is -2.30. The monoisotopic (exact) mass is 586 g/mol. The molecule has 222 valence electrons. The predicted molar refractivity (Wildman–Crippen MR) is 172 cm³/mol. The molecule has 9 heteroatoms. The summed E-state index contributed by atoms with van der Waals surface area (Å²) in [7, 11) is 0. The number of pyridine rings is 2. The van der Waals surface area contributed by atoms with Gasteiger partial charge < -0.3 is 10.5 Å². The molecular weight excluding hydrogens is 550 g/mol. The van der Waals surface area contributed by atoms with Crippen LogP contribution in [-0.4, -0.2) is 65.5 Å². The Morgan fingerprint density at radius 1 is 1.00 bits per heavy atom. The van der Waals surface area contributed by atoms with Gasteiger partial charge in [-0.1, -0.05) is 42.5 Å². The molecule has 1 unspecified atom stereocenters. The largest absolute Gasteiger partial charge is 0.444 e. The van der Waals surface area contributed by atoms with Gasteiger partial charge in [-0.3, -0.25) is 9.47 Å². The van der Waals surface area contributed by atoms with Crippen molar-refractivity contribution in [3.8, 4) is 28.3 Å². The molecule has 0 spiro atoms. The summed E-state index contributed by atoms with van der Waals surface area (Å²) in [4.78, 5) is 29.0. The fraction of sp³-hybridized carbons (Fsp3) is 0.286. The van der Waals surface area contributed by atoms with Gasteiger partial charge in [-0.15, -0.1) is 0 Å². The number of nitrogens with zero attached hydrogens (tertiary/aromatic N) is 6. The minimum absolute atomic E-state index is 0.229. The first-order valence-corrected chi connectivity index (χ1v) is 15.1. The Morgan fingerprint density at radius 2 is 1.80 bits per heavy atom. The van der Waals surface area contributed by atoms with Gasteiger partial charge in [0.15, 0.2) is 29.8 Å². The number of ether oxygens (including phenoxy) is 1. The Morgan fingerprint density at radius 3 is 2.52 bits per heavy atom. The van der Waals surface area contributed by atoms with E-state index in [2.05, 4.69) is 50.5 Å². The van der Waals surface area contributed by atoms with Crippen molar-refractivity contribution >= 4 is 28.8 Å². The first-order chi connectivity index (χ1) is 21.2. The van der Waals surface area contributed by atoms with Crippen molar-refractivity contribution in [1.82, 2.24) is 24.4 Å². The molecule has 1 atom stereocenters. The molecule has 0 saturated carbocycles. The standard InChI is InChI=1S/C35H36N7O2/c1-35(2,3)44-34(43)40-21-26-15-16-27(22-40)41(26)20-23-11-13-25(14-12-23)42-32(28-10-7-19-37-31(28)36)39-30-18-17-29(38-33(30)42)24-8-5-4-6-9-24/h4-14,17-19,26H,15-16,20-22H2,1-3H3,(H2,36,37)/q+1. The number of carbonyl (C=O) groups excluding carboxylic acids is 1. The van der Waals surface area contributed by atoms with Crippen LogP contribution in [0.25, 0.3) is 39.5 Å². The van der Waals surface area contributed by atoms with Crippen LogP contribution in [0.15, 0.2) is 85.1 Å². The van der Waals surface area contributed by atoms with Gasteiger partial charge in [-0.05, 0) is 57.2 Å². The van der Waals surface area contributed by atoms with Crippen molar-refractivity contribution < 1.29 is 14.1 Å². The number of fused-ring (bicyclic) bond motifs is 2. The molecule has 2 aromatic carbocycles. The number of imidazole rings is 1. The zero-order valence-corrected chi connectivity index (χ0v) is 25.3. The summed E-state index contributed by atoms with van der Waals surface area (Å²) >= 11 is 0. The van der Waals surface area contributed by atoms with Crippen LogP contribution >= 0.6 is 0 Å². The number of anilines is 1. The summed E-state index contributed by atoms with van der Waals surface area (Å²) in [6.07, 6.45) is 3.52. The Kier molecular flexibility index (Phi) is 6.88. The Hall–Kier alpha value is -5.05. The minimum Gasteiger partial charge on any atom is -0.444 e. The van der Waals surface area contributed by atoms with Crippen LogP contribution in [0, 0.1) is 0 Å². The third-order valence-corrected chi connectivity index (χ3v) is 8.27. The third-order valence-electron chi connectivity index (χ3n) is 8.27. The number of rotatable bonds is 5. The molecule has 0 radical (unpaired) electrons. The van der Waals surface area contributed by atoms with Crippen molar-refractivity contribution in [3.05, 3.63) is 90.6 Å². The van der Waals surface area contributed by atoms with E-state index < -0.39 is 5.60 Å². The molecular formula is C35H36N7O2+. The minimum atomic E-state index is -0.499. The maximum Gasteiger partial charge on any atom is 0.411 e. The van der Waals surface area contributed by atoms with Crippen LogP contribution in [0.5, 0.6) is 0 Å². The average molecular weight is 587 g/mol. The van der Waals surface area contributed by atoms with Crippen LogP contribution in [0.3, 0.4) is 0 Å². The first-order valence-electron chi connectivity index (χ1n) is 15.1. The quantitative estimate of drug-likeness (QED) is 0.250. The molecule has 5 aromatic rings. The molecule has 2 aliphatic heterocycles. The maximum atomic E-state index is 12.7. The van der Waals surface area contributed by atoms with Gasteiger partial charge in [0.05, 0.1) is 17.8 Å². The SMILES string of the molecule is CC(C)(C)OC(=O)N1CC2=[N+](Cc3ccc(-n4c(-c5cccnc5N)nc5ccc(-c6ccccc6)nc54)cc3)C(CC2)C1. The van der Waals surface area contributed by atoms with E-state index in [0.717, 1.165) is 53.1 Å². The summed E-state index contributed by atoms with van der Waals surface area (Å²) in [6, 6.07) is 26.8. The van der Waals surface area contributed by atoms with E-state index in [9.17, 15) is 4.79 Å². The highest BCUT2D eigenvalue weighted by Crippen LogP contribution is 2.32. The number of aromatic nitrogens is 4. The first kappa shape index (κ1) is 27.8. The van der Waals surface area contributed by atoms with Gasteiger partial charge in [0, 0.05) is 35.9 Å². The molecule has 2 aliphatic rings. The lowest BCUT2D eigenvalue weighted by molar-refractivity contribution is -0.578. The molecule has 0 saturated heterocycles. The van der Waals surface area contributed by atoms with Crippen molar-refractivity contribution in [2.75, 3.05) is 18.8 Å². The van der Waals surface area contributed by atoms with Gasteiger partial charge in [0.1, 0.15) is 23.5 Å². The second kappa shape index (κ2) is 10.9. The van der Waals surface area contributed by atoms with Crippen molar-refractivity contribution in [1.29, 1.82) is 0 Å². The highest BCUT2D eigenvalue weighted by molar-refractivity contribution is 5.87. The Labute approximate surface area is 256 Å². The van der Waals surface area contributed by atoms with Gasteiger partial charge in [0.25, 0.3) is 0 Å². The van der Waals surface area contributed by atoms with E-state index in [0.29, 0.717) is 30.8 Å². The smallest absolute Gasteiger partial charge is 0.411 e. The molecule has 0 aliphatic carbocycles. The lowest BCUT2D eigenvalue weighted by Crippen LogP contribution is -2.49. The Bertz CT molecular complexity index is 1890. The van der Waals surface area contributed by atoms with E-state index in [1.807, 2.05) is 68.1 Å². The maximum absolute atomic E-state index is 12.7. The molecule has 7 rings (SSSR count). The molecule has 44 heavy (non-hydrogen) atoms. The number of hydrogen-bond donors (Lipinski definition) is 1. The molecule has 2 N–H and O–H groups in total. The summed E-state index contributed by atoms with van der Waals surface area (Å²) in [5, 5.41) is 0. The fourth-order valence-corrected chi connectivity index (χ4v) is 6.20. The van der Waals surface area contributed by atoms with Gasteiger partial charge in [0.2, 0.25) is 0 Å². The van der Waals surface area contributed by atoms with E-state index in [4.69, 9.17) is 20.4 Å². The van der Waals surface area contributed by atoms with Crippen molar-refractivity contribution in [3.63, 3.8) is 0 Å². The van der Waals surface area contributed by atoms with Gasteiger partial charge in [-0.25, -0.2) is 24.3 Å².